The molecule has 2 aliphatic heterocycles. The summed E-state index contributed by atoms with van der Waals surface area (Å²) in [4.78, 5) is 26.4. The topological polar surface area (TPSA) is 110 Å². The van der Waals surface area contributed by atoms with Gasteiger partial charge in [0.25, 0.3) is 0 Å². The van der Waals surface area contributed by atoms with E-state index in [9.17, 15) is 14.3 Å². The van der Waals surface area contributed by atoms with Crippen molar-refractivity contribution in [2.45, 2.75) is 31.4 Å². The summed E-state index contributed by atoms with van der Waals surface area (Å²) in [5.74, 6) is 1.61. The van der Waals surface area contributed by atoms with E-state index in [4.69, 9.17) is 9.47 Å². The summed E-state index contributed by atoms with van der Waals surface area (Å²) in [5.41, 5.74) is 2.24. The number of nitrogens with one attached hydrogen (secondary N) is 1. The van der Waals surface area contributed by atoms with Crippen LogP contribution in [0.3, 0.4) is 0 Å². The highest BCUT2D eigenvalue weighted by Crippen LogP contribution is 2.52. The van der Waals surface area contributed by atoms with Gasteiger partial charge in [0.15, 0.2) is 17.9 Å². The van der Waals surface area contributed by atoms with Gasteiger partial charge in [-0.25, -0.2) is 14.4 Å². The fraction of sp³-hybridized carbons (Fsp3) is 0.385. The fourth-order valence-corrected chi connectivity index (χ4v) is 5.58. The minimum absolute atomic E-state index is 0.00815. The number of aliphatic hydroxyl groups excluding tert-OH is 1. The Labute approximate surface area is 207 Å². The predicted molar refractivity (Wildman–Crippen MR) is 128 cm³/mol. The van der Waals surface area contributed by atoms with Crippen LogP contribution in [-0.2, 0) is 6.42 Å². The van der Waals surface area contributed by atoms with Gasteiger partial charge in [0.05, 0.1) is 30.1 Å². The third-order valence-electron chi connectivity index (χ3n) is 7.26. The smallest absolute Gasteiger partial charge is 0.188 e. The van der Waals surface area contributed by atoms with E-state index in [1.165, 1.54) is 18.5 Å². The quantitative estimate of drug-likeness (QED) is 0.482. The SMILES string of the molecule is O=Cc1cc(F)ccc1Oc1cncnc1N1CC2(CC(Oc3ccnc4c3C(CO)NCC4)C2)C1. The van der Waals surface area contributed by atoms with E-state index in [0.29, 0.717) is 17.9 Å². The third kappa shape index (κ3) is 4.06. The number of carbonyl (C=O) groups excluding carboxylic acids is 1. The van der Waals surface area contributed by atoms with Crippen molar-refractivity contribution >= 4 is 12.1 Å². The molecule has 2 fully saturated rings. The highest BCUT2D eigenvalue weighted by molar-refractivity contribution is 5.79. The zero-order valence-corrected chi connectivity index (χ0v) is 19.6. The van der Waals surface area contributed by atoms with Crippen LogP contribution in [0.25, 0.3) is 0 Å². The second-order valence-corrected chi connectivity index (χ2v) is 9.73. The molecule has 0 amide bonds. The van der Waals surface area contributed by atoms with Crippen LogP contribution in [0.1, 0.15) is 40.5 Å². The van der Waals surface area contributed by atoms with E-state index in [2.05, 4.69) is 25.2 Å². The number of halogens is 1. The Balaban J connectivity index is 1.11. The second-order valence-electron chi connectivity index (χ2n) is 9.73. The molecule has 9 nitrogen and oxygen atoms in total. The molecular formula is C26H26FN5O4. The molecule has 1 saturated carbocycles. The van der Waals surface area contributed by atoms with Crippen LogP contribution in [0.5, 0.6) is 17.2 Å². The first-order chi connectivity index (χ1) is 17.6. The van der Waals surface area contributed by atoms with Crippen LogP contribution in [0, 0.1) is 11.2 Å². The maximum atomic E-state index is 13.5. The molecule has 3 aromatic rings. The van der Waals surface area contributed by atoms with Gasteiger partial charge in [-0.3, -0.25) is 9.78 Å². The van der Waals surface area contributed by atoms with Crippen molar-refractivity contribution in [3.05, 3.63) is 65.6 Å². The van der Waals surface area contributed by atoms with Crippen LogP contribution in [-0.4, -0.2) is 58.7 Å². The van der Waals surface area contributed by atoms with Gasteiger partial charge in [0.2, 0.25) is 0 Å². The van der Waals surface area contributed by atoms with Gasteiger partial charge in [0.1, 0.15) is 29.7 Å². The highest BCUT2D eigenvalue weighted by atomic mass is 19.1. The lowest BCUT2D eigenvalue weighted by atomic mass is 9.61. The van der Waals surface area contributed by atoms with Gasteiger partial charge >= 0.3 is 0 Å². The molecule has 1 aliphatic carbocycles. The molecule has 4 heterocycles. The minimum Gasteiger partial charge on any atom is -0.490 e. The lowest BCUT2D eigenvalue weighted by molar-refractivity contribution is -0.0353. The average molecular weight is 492 g/mol. The Morgan fingerprint density at radius 1 is 1.19 bits per heavy atom. The van der Waals surface area contributed by atoms with E-state index in [1.54, 1.807) is 12.4 Å². The van der Waals surface area contributed by atoms with Gasteiger partial charge in [0, 0.05) is 43.2 Å². The first kappa shape index (κ1) is 22.8. The molecular weight excluding hydrogens is 465 g/mol. The number of benzene rings is 1. The Morgan fingerprint density at radius 2 is 2.06 bits per heavy atom. The molecule has 1 unspecified atom stereocenters. The largest absolute Gasteiger partial charge is 0.490 e. The molecule has 2 N–H and O–H groups in total. The molecule has 1 aromatic carbocycles. The summed E-state index contributed by atoms with van der Waals surface area (Å²) >= 11 is 0. The van der Waals surface area contributed by atoms with Crippen molar-refractivity contribution in [3.63, 3.8) is 0 Å². The van der Waals surface area contributed by atoms with E-state index >= 15 is 0 Å². The summed E-state index contributed by atoms with van der Waals surface area (Å²) in [6, 6.07) is 5.55. The van der Waals surface area contributed by atoms with Crippen LogP contribution < -0.4 is 19.7 Å². The maximum Gasteiger partial charge on any atom is 0.188 e. The minimum atomic E-state index is -0.504. The number of aromatic nitrogens is 3. The average Bonchev–Trinajstić information content (AvgIpc) is 2.86. The second kappa shape index (κ2) is 9.11. The van der Waals surface area contributed by atoms with E-state index in [-0.39, 0.29) is 35.5 Å². The summed E-state index contributed by atoms with van der Waals surface area (Å²) < 4.78 is 25.8. The van der Waals surface area contributed by atoms with Crippen molar-refractivity contribution in [3.8, 4) is 17.2 Å². The van der Waals surface area contributed by atoms with Crippen molar-refractivity contribution in [1.82, 2.24) is 20.3 Å². The molecule has 1 atom stereocenters. The number of ether oxygens (including phenoxy) is 2. The summed E-state index contributed by atoms with van der Waals surface area (Å²) in [5, 5.41) is 13.1. The Morgan fingerprint density at radius 3 is 2.86 bits per heavy atom. The standard InChI is InChI=1S/C26H26FN5O4/c27-17-1-2-21(16(7-17)11-33)36-23-10-28-15-31-25(23)32-13-26(14-32)8-18(9-26)35-22-4-6-29-19-3-5-30-20(12-34)24(19)22/h1-2,4,6-7,10-11,15,18,20,30,34H,3,5,8-9,12-14H2. The maximum absolute atomic E-state index is 13.5. The number of carbonyl (C=O) groups is 1. The van der Waals surface area contributed by atoms with Gasteiger partial charge in [-0.1, -0.05) is 0 Å². The van der Waals surface area contributed by atoms with Crippen molar-refractivity contribution in [1.29, 1.82) is 0 Å². The van der Waals surface area contributed by atoms with Gasteiger partial charge in [-0.2, -0.15) is 0 Å². The number of hydrogen-bond donors (Lipinski definition) is 2. The summed E-state index contributed by atoms with van der Waals surface area (Å²) in [7, 11) is 0. The first-order valence-electron chi connectivity index (χ1n) is 12.0. The molecule has 36 heavy (non-hydrogen) atoms. The van der Waals surface area contributed by atoms with E-state index in [1.807, 2.05) is 6.07 Å². The van der Waals surface area contributed by atoms with Crippen LogP contribution in [0.4, 0.5) is 10.2 Å². The predicted octanol–water partition coefficient (Wildman–Crippen LogP) is 2.84. The van der Waals surface area contributed by atoms with Crippen molar-refractivity contribution < 1.29 is 23.8 Å². The number of fused-ring (bicyclic) bond motifs is 1. The molecule has 10 heteroatoms. The molecule has 186 valence electrons. The third-order valence-corrected chi connectivity index (χ3v) is 7.26. The number of rotatable bonds is 7. The molecule has 6 rings (SSSR count). The van der Waals surface area contributed by atoms with E-state index in [0.717, 1.165) is 62.0 Å². The molecule has 1 saturated heterocycles. The number of anilines is 1. The first-order valence-corrected chi connectivity index (χ1v) is 12.0. The van der Waals surface area contributed by atoms with Crippen LogP contribution >= 0.6 is 0 Å². The van der Waals surface area contributed by atoms with Crippen LogP contribution in [0.2, 0.25) is 0 Å². The Bertz CT molecular complexity index is 1290. The molecule has 2 aromatic heterocycles. The fourth-order valence-electron chi connectivity index (χ4n) is 5.58. The molecule has 0 bridgehead atoms. The lowest BCUT2D eigenvalue weighted by Crippen LogP contribution is -2.65. The summed E-state index contributed by atoms with van der Waals surface area (Å²) in [6.07, 6.45) is 8.13. The Hall–Kier alpha value is -3.63. The molecule has 1 spiro atoms. The zero-order chi connectivity index (χ0) is 24.7. The monoisotopic (exact) mass is 491 g/mol. The number of nitrogens with zero attached hydrogens (tertiary/aromatic N) is 4. The summed E-state index contributed by atoms with van der Waals surface area (Å²) in [6.45, 7) is 2.41. The lowest BCUT2D eigenvalue weighted by Gasteiger charge is -2.59. The highest BCUT2D eigenvalue weighted by Gasteiger charge is 2.54. The van der Waals surface area contributed by atoms with Gasteiger partial charge in [-0.15, -0.1) is 0 Å². The van der Waals surface area contributed by atoms with Gasteiger partial charge in [-0.05, 0) is 37.1 Å². The number of pyridine rings is 1. The van der Waals surface area contributed by atoms with Gasteiger partial charge < -0.3 is 24.8 Å². The van der Waals surface area contributed by atoms with E-state index < -0.39 is 5.82 Å². The Kier molecular flexibility index (Phi) is 5.77. The molecule has 3 aliphatic rings. The van der Waals surface area contributed by atoms with Crippen LogP contribution in [0.15, 0.2) is 43.0 Å². The molecule has 0 radical (unpaired) electrons. The van der Waals surface area contributed by atoms with Crippen molar-refractivity contribution in [2.75, 3.05) is 31.1 Å². The number of aldehydes is 1. The van der Waals surface area contributed by atoms with Crippen molar-refractivity contribution in [2.24, 2.45) is 5.41 Å². The number of hydrogen-bond acceptors (Lipinski definition) is 9. The zero-order valence-electron chi connectivity index (χ0n) is 19.6. The normalized spacial score (nSPS) is 20.3. The number of aliphatic hydroxyl groups is 1.